The first-order valence-electron chi connectivity index (χ1n) is 8.50. The largest absolute Gasteiger partial charge is 0.480 e. The number of aromatic nitrogens is 1. The van der Waals surface area contributed by atoms with Gasteiger partial charge in [-0.05, 0) is 31.4 Å². The van der Waals surface area contributed by atoms with Crippen LogP contribution in [0.3, 0.4) is 0 Å². The van der Waals surface area contributed by atoms with Crippen molar-refractivity contribution in [1.29, 1.82) is 0 Å². The number of urea groups is 1. The number of hydrogen-bond acceptors (Lipinski definition) is 5. The molecule has 1 aromatic heterocycles. The second-order valence-electron chi connectivity index (χ2n) is 6.00. The van der Waals surface area contributed by atoms with E-state index in [1.54, 1.807) is 18.3 Å². The molecule has 0 unspecified atom stereocenters. The molecule has 2 rings (SSSR count). The van der Waals surface area contributed by atoms with E-state index >= 15 is 0 Å². The van der Waals surface area contributed by atoms with Gasteiger partial charge in [-0.25, -0.2) is 22.5 Å². The summed E-state index contributed by atoms with van der Waals surface area (Å²) >= 11 is 0. The first kappa shape index (κ1) is 19.5. The summed E-state index contributed by atoms with van der Waals surface area (Å²) in [7, 11) is -1.69. The average molecular weight is 370 g/mol. The van der Waals surface area contributed by atoms with Crippen molar-refractivity contribution in [3.8, 4) is 5.88 Å². The number of carbonyl (C=O) groups excluding carboxylic acids is 1. The van der Waals surface area contributed by atoms with E-state index in [0.29, 0.717) is 43.9 Å². The van der Waals surface area contributed by atoms with Crippen LogP contribution < -0.4 is 15.4 Å². The van der Waals surface area contributed by atoms with Gasteiger partial charge < -0.3 is 15.4 Å². The molecule has 140 valence electrons. The number of unbranched alkanes of at least 4 members (excludes halogenated alkanes) is 1. The Kier molecular flexibility index (Phi) is 7.01. The maximum atomic E-state index is 12.2. The predicted molar refractivity (Wildman–Crippen MR) is 96.2 cm³/mol. The van der Waals surface area contributed by atoms with Gasteiger partial charge >= 0.3 is 6.03 Å². The van der Waals surface area contributed by atoms with Crippen LogP contribution in [0.5, 0.6) is 5.88 Å². The monoisotopic (exact) mass is 370 g/mol. The zero-order valence-electron chi connectivity index (χ0n) is 14.7. The molecule has 1 aliphatic heterocycles. The third-order valence-electron chi connectivity index (χ3n) is 4.15. The zero-order valence-corrected chi connectivity index (χ0v) is 15.5. The highest BCUT2D eigenvalue weighted by atomic mass is 32.2. The van der Waals surface area contributed by atoms with Gasteiger partial charge in [0.05, 0.1) is 12.9 Å². The number of sulfonamides is 1. The van der Waals surface area contributed by atoms with Crippen LogP contribution in [0.1, 0.15) is 32.6 Å². The molecule has 0 radical (unpaired) electrons. The van der Waals surface area contributed by atoms with Gasteiger partial charge in [0, 0.05) is 25.3 Å². The maximum absolute atomic E-state index is 12.2. The number of rotatable bonds is 7. The van der Waals surface area contributed by atoms with E-state index in [1.165, 1.54) is 11.4 Å². The summed E-state index contributed by atoms with van der Waals surface area (Å²) in [6, 6.07) is 3.01. The lowest BCUT2D eigenvalue weighted by molar-refractivity contribution is 0.238. The second kappa shape index (κ2) is 9.00. The van der Waals surface area contributed by atoms with Gasteiger partial charge in [-0.3, -0.25) is 0 Å². The predicted octanol–water partition coefficient (Wildman–Crippen LogP) is 1.81. The summed E-state index contributed by atoms with van der Waals surface area (Å²) in [5.41, 5.74) is 0.488. The fourth-order valence-corrected chi connectivity index (χ4v) is 4.41. The molecule has 8 nitrogen and oxygen atoms in total. The lowest BCUT2D eigenvalue weighted by Crippen LogP contribution is -2.48. The maximum Gasteiger partial charge on any atom is 0.319 e. The Bertz CT molecular complexity index is 672. The number of nitrogens with zero attached hydrogens (tertiary/aromatic N) is 2. The Morgan fingerprint density at radius 1 is 1.40 bits per heavy atom. The summed E-state index contributed by atoms with van der Waals surface area (Å²) in [6.07, 6.45) is 4.31. The lowest BCUT2D eigenvalue weighted by Gasteiger charge is -2.31. The molecular formula is C16H26N4O4S. The molecule has 1 saturated heterocycles. The molecule has 0 aliphatic carbocycles. The number of hydrogen-bond donors (Lipinski definition) is 2. The molecule has 2 heterocycles. The standard InChI is InChI=1S/C16H26N4O4S/c1-3-4-12-25(22,23)20-10-7-13(8-11-20)18-16(21)19-14-6-5-9-17-15(14)24-2/h5-6,9,13H,3-4,7-8,10-12H2,1-2H3,(H2,18,19,21). The van der Waals surface area contributed by atoms with Crippen molar-refractivity contribution in [2.75, 3.05) is 31.3 Å². The van der Waals surface area contributed by atoms with Crippen LogP contribution >= 0.6 is 0 Å². The highest BCUT2D eigenvalue weighted by molar-refractivity contribution is 7.89. The fraction of sp³-hybridized carbons (Fsp3) is 0.625. The van der Waals surface area contributed by atoms with E-state index in [2.05, 4.69) is 15.6 Å². The molecule has 0 spiro atoms. The van der Waals surface area contributed by atoms with Crippen molar-refractivity contribution in [3.63, 3.8) is 0 Å². The normalized spacial score (nSPS) is 16.4. The number of amides is 2. The molecule has 1 fully saturated rings. The minimum atomic E-state index is -3.17. The van der Waals surface area contributed by atoms with E-state index in [-0.39, 0.29) is 17.8 Å². The van der Waals surface area contributed by atoms with E-state index in [1.807, 2.05) is 6.92 Å². The number of methoxy groups -OCH3 is 1. The third kappa shape index (κ3) is 5.57. The topological polar surface area (TPSA) is 101 Å². The Labute approximate surface area is 149 Å². The van der Waals surface area contributed by atoms with Crippen molar-refractivity contribution in [2.24, 2.45) is 0 Å². The van der Waals surface area contributed by atoms with E-state index < -0.39 is 10.0 Å². The van der Waals surface area contributed by atoms with Gasteiger partial charge in [0.15, 0.2) is 0 Å². The molecule has 0 saturated carbocycles. The molecular weight excluding hydrogens is 344 g/mol. The number of nitrogens with one attached hydrogen (secondary N) is 2. The molecule has 1 aliphatic rings. The van der Waals surface area contributed by atoms with Crippen LogP contribution in [0, 0.1) is 0 Å². The van der Waals surface area contributed by atoms with E-state index in [4.69, 9.17) is 4.74 Å². The van der Waals surface area contributed by atoms with Crippen LogP contribution in [-0.2, 0) is 10.0 Å². The summed E-state index contributed by atoms with van der Waals surface area (Å²) in [4.78, 5) is 16.2. The molecule has 9 heteroatoms. The van der Waals surface area contributed by atoms with Gasteiger partial charge in [-0.1, -0.05) is 13.3 Å². The van der Waals surface area contributed by atoms with Crippen molar-refractivity contribution < 1.29 is 17.9 Å². The SMILES string of the molecule is CCCCS(=O)(=O)N1CCC(NC(=O)Nc2cccnc2OC)CC1. The first-order valence-corrected chi connectivity index (χ1v) is 10.1. The third-order valence-corrected chi connectivity index (χ3v) is 6.11. The first-order chi connectivity index (χ1) is 12.0. The lowest BCUT2D eigenvalue weighted by atomic mass is 10.1. The van der Waals surface area contributed by atoms with Gasteiger partial charge in [0.25, 0.3) is 0 Å². The van der Waals surface area contributed by atoms with Crippen molar-refractivity contribution in [3.05, 3.63) is 18.3 Å². The molecule has 0 atom stereocenters. The number of pyridine rings is 1. The summed E-state index contributed by atoms with van der Waals surface area (Å²) in [6.45, 7) is 2.85. The second-order valence-corrected chi connectivity index (χ2v) is 8.09. The Morgan fingerprint density at radius 2 is 2.12 bits per heavy atom. The van der Waals surface area contributed by atoms with Crippen molar-refractivity contribution in [1.82, 2.24) is 14.6 Å². The van der Waals surface area contributed by atoms with Crippen molar-refractivity contribution in [2.45, 2.75) is 38.6 Å². The smallest absolute Gasteiger partial charge is 0.319 e. The number of ether oxygens (including phenoxy) is 1. The molecule has 2 N–H and O–H groups in total. The quantitative estimate of drug-likeness (QED) is 0.762. The number of carbonyl (C=O) groups is 1. The fourth-order valence-electron chi connectivity index (χ4n) is 2.73. The molecule has 2 amide bonds. The molecule has 0 bridgehead atoms. The summed E-state index contributed by atoms with van der Waals surface area (Å²) in [5, 5.41) is 5.59. The Hall–Kier alpha value is -1.87. The highest BCUT2D eigenvalue weighted by Crippen LogP contribution is 2.20. The van der Waals surface area contributed by atoms with Crippen LogP contribution in [0.4, 0.5) is 10.5 Å². The highest BCUT2D eigenvalue weighted by Gasteiger charge is 2.28. The zero-order chi connectivity index (χ0) is 18.3. The summed E-state index contributed by atoms with van der Waals surface area (Å²) < 4.78 is 31.0. The molecule has 1 aromatic rings. The van der Waals surface area contributed by atoms with Gasteiger partial charge in [-0.2, -0.15) is 0 Å². The minimum absolute atomic E-state index is 0.0553. The number of piperidine rings is 1. The minimum Gasteiger partial charge on any atom is -0.480 e. The Balaban J connectivity index is 1.82. The van der Waals surface area contributed by atoms with E-state index in [0.717, 1.165) is 6.42 Å². The molecule has 25 heavy (non-hydrogen) atoms. The van der Waals surface area contributed by atoms with Crippen LogP contribution in [0.2, 0.25) is 0 Å². The van der Waals surface area contributed by atoms with Gasteiger partial charge in [0.1, 0.15) is 5.69 Å². The van der Waals surface area contributed by atoms with Crippen LogP contribution in [-0.4, -0.2) is 55.7 Å². The van der Waals surface area contributed by atoms with Crippen LogP contribution in [0.25, 0.3) is 0 Å². The van der Waals surface area contributed by atoms with Crippen LogP contribution in [0.15, 0.2) is 18.3 Å². The summed E-state index contributed by atoms with van der Waals surface area (Å²) in [5.74, 6) is 0.539. The Morgan fingerprint density at radius 3 is 2.76 bits per heavy atom. The van der Waals surface area contributed by atoms with Gasteiger partial charge in [0.2, 0.25) is 15.9 Å². The average Bonchev–Trinajstić information content (AvgIpc) is 2.61. The van der Waals surface area contributed by atoms with Crippen molar-refractivity contribution >= 4 is 21.7 Å². The van der Waals surface area contributed by atoms with E-state index in [9.17, 15) is 13.2 Å². The molecule has 0 aromatic carbocycles. The van der Waals surface area contributed by atoms with Gasteiger partial charge in [-0.15, -0.1) is 0 Å². The number of anilines is 1.